The lowest BCUT2D eigenvalue weighted by molar-refractivity contribution is -0.146. The molecule has 1 atom stereocenters. The fourth-order valence-electron chi connectivity index (χ4n) is 2.62. The van der Waals surface area contributed by atoms with Crippen LogP contribution in [-0.2, 0) is 16.6 Å². The average Bonchev–Trinajstić information content (AvgIpc) is 2.84. The molecule has 0 amide bonds. The number of esters is 1. The summed E-state index contributed by atoms with van der Waals surface area (Å²) in [5.74, 6) is -0.207. The van der Waals surface area contributed by atoms with Crippen LogP contribution in [-0.4, -0.2) is 28.4 Å². The Morgan fingerprint density at radius 2 is 2.26 bits per heavy atom. The molecule has 19 heavy (non-hydrogen) atoms. The van der Waals surface area contributed by atoms with E-state index in [1.807, 2.05) is 20.2 Å². The maximum absolute atomic E-state index is 12.1. The lowest BCUT2D eigenvalue weighted by Crippen LogP contribution is -2.38. The van der Waals surface area contributed by atoms with Gasteiger partial charge in [-0.15, -0.1) is 0 Å². The average molecular weight is 265 g/mol. The summed E-state index contributed by atoms with van der Waals surface area (Å²) in [5, 5.41) is 7.58. The Morgan fingerprint density at radius 1 is 1.53 bits per heavy atom. The lowest BCUT2D eigenvalue weighted by Gasteiger charge is -2.27. The predicted octanol–water partition coefficient (Wildman–Crippen LogP) is 1.95. The van der Waals surface area contributed by atoms with Crippen LogP contribution in [0.25, 0.3) is 0 Å². The molecule has 1 heterocycles. The van der Waals surface area contributed by atoms with Gasteiger partial charge in [0.1, 0.15) is 6.04 Å². The first-order valence-electron chi connectivity index (χ1n) is 7.12. The van der Waals surface area contributed by atoms with E-state index in [1.54, 1.807) is 10.9 Å². The fraction of sp³-hybridized carbons (Fsp3) is 0.714. The van der Waals surface area contributed by atoms with Crippen molar-refractivity contribution in [1.29, 1.82) is 0 Å². The summed E-state index contributed by atoms with van der Waals surface area (Å²) in [5.41, 5.74) is 0.881. The van der Waals surface area contributed by atoms with E-state index in [4.69, 9.17) is 4.74 Å². The van der Waals surface area contributed by atoms with Gasteiger partial charge in [0, 0.05) is 24.8 Å². The van der Waals surface area contributed by atoms with Crippen LogP contribution in [0.15, 0.2) is 12.4 Å². The topological polar surface area (TPSA) is 56.1 Å². The number of rotatable bonds is 5. The molecular weight excluding hydrogens is 242 g/mol. The van der Waals surface area contributed by atoms with Gasteiger partial charge in [0.25, 0.3) is 0 Å². The lowest BCUT2D eigenvalue weighted by atomic mass is 9.94. The van der Waals surface area contributed by atoms with Crippen molar-refractivity contribution in [2.24, 2.45) is 7.05 Å². The van der Waals surface area contributed by atoms with Crippen molar-refractivity contribution >= 4 is 5.97 Å². The number of carbonyl (C=O) groups is 1. The van der Waals surface area contributed by atoms with E-state index in [1.165, 1.54) is 19.3 Å². The SMILES string of the molecule is CCOC(=O)C(NC1CCCCC1)c1cnn(C)c1. The first-order valence-corrected chi connectivity index (χ1v) is 7.12. The molecule has 1 saturated carbocycles. The molecular formula is C14H23N3O2. The number of aryl methyl sites for hydroxylation is 1. The molecule has 0 saturated heterocycles. The van der Waals surface area contributed by atoms with E-state index in [0.717, 1.165) is 18.4 Å². The monoisotopic (exact) mass is 265 g/mol. The van der Waals surface area contributed by atoms with Crippen molar-refractivity contribution < 1.29 is 9.53 Å². The van der Waals surface area contributed by atoms with E-state index in [-0.39, 0.29) is 5.97 Å². The van der Waals surface area contributed by atoms with Gasteiger partial charge in [-0.2, -0.15) is 5.10 Å². The minimum atomic E-state index is -0.392. The zero-order chi connectivity index (χ0) is 13.7. The molecule has 0 radical (unpaired) electrons. The second kappa shape index (κ2) is 6.70. The smallest absolute Gasteiger partial charge is 0.327 e. The van der Waals surface area contributed by atoms with E-state index >= 15 is 0 Å². The number of carbonyl (C=O) groups excluding carboxylic acids is 1. The quantitative estimate of drug-likeness (QED) is 0.827. The molecule has 0 aromatic carbocycles. The minimum absolute atomic E-state index is 0.207. The number of aromatic nitrogens is 2. The van der Waals surface area contributed by atoms with Crippen LogP contribution in [0.4, 0.5) is 0 Å². The van der Waals surface area contributed by atoms with Crippen LogP contribution in [0, 0.1) is 0 Å². The molecule has 1 aromatic rings. The van der Waals surface area contributed by atoms with Crippen LogP contribution in [0.1, 0.15) is 50.6 Å². The van der Waals surface area contributed by atoms with Gasteiger partial charge in [-0.3, -0.25) is 10.00 Å². The summed E-state index contributed by atoms with van der Waals surface area (Å²) in [6.07, 6.45) is 9.65. The summed E-state index contributed by atoms with van der Waals surface area (Å²) in [7, 11) is 1.85. The molecule has 5 nitrogen and oxygen atoms in total. The second-order valence-corrected chi connectivity index (χ2v) is 5.13. The Balaban J connectivity index is 2.07. The van der Waals surface area contributed by atoms with Crippen LogP contribution in [0.3, 0.4) is 0 Å². The minimum Gasteiger partial charge on any atom is -0.465 e. The highest BCUT2D eigenvalue weighted by Crippen LogP contribution is 2.22. The molecule has 1 aromatic heterocycles. The summed E-state index contributed by atoms with van der Waals surface area (Å²) < 4.78 is 6.88. The van der Waals surface area contributed by atoms with Gasteiger partial charge in [0.15, 0.2) is 0 Å². The number of hydrogen-bond acceptors (Lipinski definition) is 4. The van der Waals surface area contributed by atoms with Crippen LogP contribution < -0.4 is 5.32 Å². The zero-order valence-corrected chi connectivity index (χ0v) is 11.8. The highest BCUT2D eigenvalue weighted by Gasteiger charge is 2.26. The summed E-state index contributed by atoms with van der Waals surface area (Å²) in [6.45, 7) is 2.24. The fourth-order valence-corrected chi connectivity index (χ4v) is 2.62. The molecule has 2 rings (SSSR count). The first-order chi connectivity index (χ1) is 9.20. The first kappa shape index (κ1) is 14.1. The molecule has 1 unspecified atom stereocenters. The van der Waals surface area contributed by atoms with Gasteiger partial charge >= 0.3 is 5.97 Å². The molecule has 0 aliphatic heterocycles. The second-order valence-electron chi connectivity index (χ2n) is 5.13. The molecule has 5 heteroatoms. The molecule has 106 valence electrons. The number of nitrogens with one attached hydrogen (secondary N) is 1. The van der Waals surface area contributed by atoms with E-state index in [2.05, 4.69) is 10.4 Å². The normalized spacial score (nSPS) is 18.2. The molecule has 1 fully saturated rings. The van der Waals surface area contributed by atoms with Gasteiger partial charge < -0.3 is 4.74 Å². The highest BCUT2D eigenvalue weighted by atomic mass is 16.5. The Kier molecular flexibility index (Phi) is 4.96. The molecule has 0 bridgehead atoms. The highest BCUT2D eigenvalue weighted by molar-refractivity contribution is 5.77. The largest absolute Gasteiger partial charge is 0.465 e. The van der Waals surface area contributed by atoms with Gasteiger partial charge in [-0.05, 0) is 19.8 Å². The van der Waals surface area contributed by atoms with E-state index < -0.39 is 6.04 Å². The number of hydrogen-bond donors (Lipinski definition) is 1. The van der Waals surface area contributed by atoms with Crippen LogP contribution >= 0.6 is 0 Å². The molecule has 1 N–H and O–H groups in total. The summed E-state index contributed by atoms with van der Waals surface area (Å²) in [6, 6.07) is 0.0140. The van der Waals surface area contributed by atoms with Crippen molar-refractivity contribution in [3.8, 4) is 0 Å². The Morgan fingerprint density at radius 3 is 2.84 bits per heavy atom. The predicted molar refractivity (Wildman–Crippen MR) is 72.6 cm³/mol. The molecule has 1 aliphatic rings. The third-order valence-corrected chi connectivity index (χ3v) is 3.59. The van der Waals surface area contributed by atoms with Gasteiger partial charge in [0.05, 0.1) is 12.8 Å². The molecule has 0 spiro atoms. The third kappa shape index (κ3) is 3.80. The zero-order valence-electron chi connectivity index (χ0n) is 11.8. The maximum atomic E-state index is 12.1. The van der Waals surface area contributed by atoms with Crippen molar-refractivity contribution in [3.05, 3.63) is 18.0 Å². The van der Waals surface area contributed by atoms with E-state index in [9.17, 15) is 4.79 Å². The van der Waals surface area contributed by atoms with E-state index in [0.29, 0.717) is 12.6 Å². The Bertz CT molecular complexity index is 411. The maximum Gasteiger partial charge on any atom is 0.327 e. The van der Waals surface area contributed by atoms with Crippen molar-refractivity contribution in [2.45, 2.75) is 51.1 Å². The van der Waals surface area contributed by atoms with Crippen molar-refractivity contribution in [1.82, 2.24) is 15.1 Å². The summed E-state index contributed by atoms with van der Waals surface area (Å²) in [4.78, 5) is 12.1. The van der Waals surface area contributed by atoms with Crippen LogP contribution in [0.2, 0.25) is 0 Å². The summed E-state index contributed by atoms with van der Waals surface area (Å²) >= 11 is 0. The van der Waals surface area contributed by atoms with Crippen molar-refractivity contribution in [2.75, 3.05) is 6.61 Å². The Hall–Kier alpha value is -1.36. The van der Waals surface area contributed by atoms with Gasteiger partial charge in [-0.25, -0.2) is 4.79 Å². The third-order valence-electron chi connectivity index (χ3n) is 3.59. The van der Waals surface area contributed by atoms with Crippen LogP contribution in [0.5, 0.6) is 0 Å². The number of ether oxygens (including phenoxy) is 1. The Labute approximate surface area is 114 Å². The standard InChI is InChI=1S/C14H23N3O2/c1-3-19-14(18)13(11-9-15-17(2)10-11)16-12-7-5-4-6-8-12/h9-10,12-13,16H,3-8H2,1-2H3. The van der Waals surface area contributed by atoms with Gasteiger partial charge in [0.2, 0.25) is 0 Å². The van der Waals surface area contributed by atoms with Crippen molar-refractivity contribution in [3.63, 3.8) is 0 Å². The van der Waals surface area contributed by atoms with Gasteiger partial charge in [-0.1, -0.05) is 19.3 Å². The molecule has 1 aliphatic carbocycles. The number of nitrogens with zero attached hydrogens (tertiary/aromatic N) is 2.